The van der Waals surface area contributed by atoms with Crippen LogP contribution in [-0.4, -0.2) is 35.1 Å². The van der Waals surface area contributed by atoms with Crippen molar-refractivity contribution in [3.05, 3.63) is 46.8 Å². The molecule has 3 heterocycles. The molecule has 1 atom stereocenters. The van der Waals surface area contributed by atoms with Gasteiger partial charge in [-0.15, -0.1) is 21.5 Å². The molecule has 0 radical (unpaired) electrons. The fourth-order valence-corrected chi connectivity index (χ4v) is 6.46. The molecule has 6 nitrogen and oxygen atoms in total. The molecule has 1 aromatic carbocycles. The SMILES string of the molecule is Cc1ccc(-c2nc(CSc3nnc(C[C@H]4CCS(=O)(=O)C4)o3)cs2)cc1. The molecule has 0 unspecified atom stereocenters. The highest BCUT2D eigenvalue weighted by molar-refractivity contribution is 7.98. The maximum atomic E-state index is 11.5. The average molecular weight is 422 g/mol. The van der Waals surface area contributed by atoms with Gasteiger partial charge in [0.2, 0.25) is 5.89 Å². The van der Waals surface area contributed by atoms with E-state index in [-0.39, 0.29) is 17.4 Å². The van der Waals surface area contributed by atoms with E-state index in [1.165, 1.54) is 17.3 Å². The second-order valence-electron chi connectivity index (χ2n) is 6.73. The fraction of sp³-hybridized carbons (Fsp3) is 0.389. The molecule has 142 valence electrons. The van der Waals surface area contributed by atoms with E-state index in [0.717, 1.165) is 16.3 Å². The molecule has 27 heavy (non-hydrogen) atoms. The van der Waals surface area contributed by atoms with Gasteiger partial charge in [0.15, 0.2) is 9.84 Å². The summed E-state index contributed by atoms with van der Waals surface area (Å²) in [6.07, 6.45) is 1.20. The van der Waals surface area contributed by atoms with Crippen molar-refractivity contribution >= 4 is 32.9 Å². The number of rotatable bonds is 6. The largest absolute Gasteiger partial charge is 0.416 e. The van der Waals surface area contributed by atoms with Gasteiger partial charge in [-0.2, -0.15) is 0 Å². The van der Waals surface area contributed by atoms with E-state index >= 15 is 0 Å². The first-order valence-electron chi connectivity index (χ1n) is 8.64. The molecule has 3 aromatic rings. The van der Waals surface area contributed by atoms with Gasteiger partial charge in [-0.3, -0.25) is 0 Å². The Morgan fingerprint density at radius 1 is 1.26 bits per heavy atom. The molecule has 1 aliphatic heterocycles. The van der Waals surface area contributed by atoms with Gasteiger partial charge in [-0.25, -0.2) is 13.4 Å². The quantitative estimate of drug-likeness (QED) is 0.560. The second-order valence-corrected chi connectivity index (χ2v) is 10.7. The molecule has 2 aromatic heterocycles. The van der Waals surface area contributed by atoms with Crippen molar-refractivity contribution in [2.45, 2.75) is 30.7 Å². The van der Waals surface area contributed by atoms with Gasteiger partial charge in [-0.05, 0) is 19.3 Å². The molecular weight excluding hydrogens is 402 g/mol. The third kappa shape index (κ3) is 4.77. The lowest BCUT2D eigenvalue weighted by molar-refractivity contribution is 0.389. The smallest absolute Gasteiger partial charge is 0.276 e. The number of aromatic nitrogens is 3. The van der Waals surface area contributed by atoms with E-state index in [4.69, 9.17) is 4.42 Å². The van der Waals surface area contributed by atoms with Crippen LogP contribution in [0.25, 0.3) is 10.6 Å². The molecule has 1 aliphatic rings. The van der Waals surface area contributed by atoms with Gasteiger partial charge in [-0.1, -0.05) is 41.6 Å². The minimum absolute atomic E-state index is 0.0870. The summed E-state index contributed by atoms with van der Waals surface area (Å²) in [6, 6.07) is 8.33. The number of thiazole rings is 1. The predicted molar refractivity (Wildman–Crippen MR) is 107 cm³/mol. The number of benzene rings is 1. The van der Waals surface area contributed by atoms with Gasteiger partial charge in [0.05, 0.1) is 17.2 Å². The Morgan fingerprint density at radius 3 is 2.81 bits per heavy atom. The second kappa shape index (κ2) is 7.73. The molecule has 0 amide bonds. The lowest BCUT2D eigenvalue weighted by Crippen LogP contribution is -2.07. The first-order chi connectivity index (χ1) is 13.0. The standard InChI is InChI=1S/C18H19N3O3S3/c1-12-2-4-14(5-3-12)17-19-15(9-25-17)10-26-18-21-20-16(24-18)8-13-6-7-27(22,23)11-13/h2-5,9,13H,6-8,10-11H2,1H3/t13-/m1/s1. The molecule has 0 aliphatic carbocycles. The van der Waals surface area contributed by atoms with Crippen LogP contribution >= 0.6 is 23.1 Å². The molecule has 0 bridgehead atoms. The van der Waals surface area contributed by atoms with Crippen molar-refractivity contribution in [3.8, 4) is 10.6 Å². The minimum Gasteiger partial charge on any atom is -0.416 e. The average Bonchev–Trinajstić information content (AvgIpc) is 3.34. The Balaban J connectivity index is 1.33. The zero-order valence-electron chi connectivity index (χ0n) is 14.8. The van der Waals surface area contributed by atoms with Crippen LogP contribution in [0.15, 0.2) is 39.3 Å². The highest BCUT2D eigenvalue weighted by Crippen LogP contribution is 2.28. The van der Waals surface area contributed by atoms with Crippen LogP contribution in [0, 0.1) is 12.8 Å². The Kier molecular flexibility index (Phi) is 5.34. The zero-order chi connectivity index (χ0) is 18.9. The topological polar surface area (TPSA) is 86.0 Å². The van der Waals surface area contributed by atoms with Crippen LogP contribution in [0.5, 0.6) is 0 Å². The monoisotopic (exact) mass is 421 g/mol. The molecular formula is C18H19N3O3S3. The number of sulfone groups is 1. The van der Waals surface area contributed by atoms with Crippen molar-refractivity contribution in [2.24, 2.45) is 5.92 Å². The first kappa shape index (κ1) is 18.6. The van der Waals surface area contributed by atoms with Crippen molar-refractivity contribution in [3.63, 3.8) is 0 Å². The van der Waals surface area contributed by atoms with Gasteiger partial charge in [0.1, 0.15) is 5.01 Å². The van der Waals surface area contributed by atoms with Crippen LogP contribution < -0.4 is 0 Å². The highest BCUT2D eigenvalue weighted by Gasteiger charge is 2.29. The Bertz CT molecular complexity index is 1030. The van der Waals surface area contributed by atoms with Crippen molar-refractivity contribution in [1.82, 2.24) is 15.2 Å². The number of hydrogen-bond donors (Lipinski definition) is 0. The van der Waals surface area contributed by atoms with E-state index in [1.54, 1.807) is 11.3 Å². The van der Waals surface area contributed by atoms with Crippen LogP contribution in [-0.2, 0) is 22.0 Å². The molecule has 1 saturated heterocycles. The highest BCUT2D eigenvalue weighted by atomic mass is 32.2. The summed E-state index contributed by atoms with van der Waals surface area (Å²) in [5, 5.41) is 11.6. The fourth-order valence-electron chi connectivity index (χ4n) is 3.00. The number of nitrogens with zero attached hydrogens (tertiary/aromatic N) is 3. The summed E-state index contributed by atoms with van der Waals surface area (Å²) in [7, 11) is -2.88. The Labute approximate surface area is 166 Å². The Morgan fingerprint density at radius 2 is 2.07 bits per heavy atom. The van der Waals surface area contributed by atoms with Gasteiger partial charge < -0.3 is 4.42 Å². The van der Waals surface area contributed by atoms with E-state index in [2.05, 4.69) is 46.4 Å². The van der Waals surface area contributed by atoms with Gasteiger partial charge in [0.25, 0.3) is 5.22 Å². The maximum absolute atomic E-state index is 11.5. The van der Waals surface area contributed by atoms with Crippen molar-refractivity contribution in [2.75, 3.05) is 11.5 Å². The molecule has 0 saturated carbocycles. The lowest BCUT2D eigenvalue weighted by Gasteiger charge is -2.01. The van der Waals surface area contributed by atoms with E-state index in [0.29, 0.717) is 29.7 Å². The summed E-state index contributed by atoms with van der Waals surface area (Å²) in [6.45, 7) is 2.07. The summed E-state index contributed by atoms with van der Waals surface area (Å²) >= 11 is 3.07. The molecule has 1 fully saturated rings. The number of aryl methyl sites for hydroxylation is 1. The summed E-state index contributed by atoms with van der Waals surface area (Å²) in [4.78, 5) is 4.67. The van der Waals surface area contributed by atoms with Crippen LogP contribution in [0.2, 0.25) is 0 Å². The normalized spacial score (nSPS) is 18.8. The van der Waals surface area contributed by atoms with Crippen molar-refractivity contribution < 1.29 is 12.8 Å². The van der Waals surface area contributed by atoms with E-state index in [9.17, 15) is 8.42 Å². The van der Waals surface area contributed by atoms with Crippen LogP contribution in [0.3, 0.4) is 0 Å². The third-order valence-corrected chi connectivity index (χ3v) is 8.06. The lowest BCUT2D eigenvalue weighted by atomic mass is 10.1. The number of hydrogen-bond acceptors (Lipinski definition) is 8. The molecule has 4 rings (SSSR count). The first-order valence-corrected chi connectivity index (χ1v) is 12.3. The van der Waals surface area contributed by atoms with E-state index in [1.807, 2.05) is 5.38 Å². The molecule has 0 spiro atoms. The minimum atomic E-state index is -2.88. The van der Waals surface area contributed by atoms with E-state index < -0.39 is 9.84 Å². The third-order valence-electron chi connectivity index (χ3n) is 4.43. The van der Waals surface area contributed by atoms with Crippen molar-refractivity contribution in [1.29, 1.82) is 0 Å². The predicted octanol–water partition coefficient (Wildman–Crippen LogP) is 3.77. The summed E-state index contributed by atoms with van der Waals surface area (Å²) < 4.78 is 28.7. The van der Waals surface area contributed by atoms with Crippen LogP contribution in [0.4, 0.5) is 0 Å². The zero-order valence-corrected chi connectivity index (χ0v) is 17.2. The van der Waals surface area contributed by atoms with Gasteiger partial charge >= 0.3 is 0 Å². The molecule has 0 N–H and O–H groups in total. The molecule has 9 heteroatoms. The van der Waals surface area contributed by atoms with Crippen LogP contribution in [0.1, 0.15) is 23.6 Å². The maximum Gasteiger partial charge on any atom is 0.276 e. The number of thioether (sulfide) groups is 1. The Hall–Kier alpha value is -1.71. The van der Waals surface area contributed by atoms with Gasteiger partial charge in [0, 0.05) is 23.1 Å². The summed E-state index contributed by atoms with van der Waals surface area (Å²) in [5.41, 5.74) is 3.32. The summed E-state index contributed by atoms with van der Waals surface area (Å²) in [5.74, 6) is 1.74.